The summed E-state index contributed by atoms with van der Waals surface area (Å²) in [6.45, 7) is 2.56. The minimum Gasteiger partial charge on any atom is -0.377 e. The maximum absolute atomic E-state index is 8.34. The number of azide groups is 1. The van der Waals surface area contributed by atoms with Crippen molar-refractivity contribution in [2.24, 2.45) is 11.0 Å². The second-order valence-corrected chi connectivity index (χ2v) is 3.29. The van der Waals surface area contributed by atoms with Gasteiger partial charge in [0, 0.05) is 36.6 Å². The molecule has 5 nitrogen and oxygen atoms in total. The van der Waals surface area contributed by atoms with Crippen LogP contribution in [0.15, 0.2) is 5.11 Å². The summed E-state index contributed by atoms with van der Waals surface area (Å²) in [7, 11) is 0. The molecule has 2 aliphatic rings. The summed E-state index contributed by atoms with van der Waals surface area (Å²) < 4.78 is 5.53. The molecule has 2 heterocycles. The molecule has 2 aliphatic heterocycles. The van der Waals surface area contributed by atoms with Crippen molar-refractivity contribution in [1.82, 2.24) is 5.32 Å². The van der Waals surface area contributed by atoms with E-state index in [0.29, 0.717) is 5.92 Å². The summed E-state index contributed by atoms with van der Waals surface area (Å²) in [4.78, 5) is 2.86. The quantitative estimate of drug-likeness (QED) is 0.355. The normalized spacial score (nSPS) is 40.2. The van der Waals surface area contributed by atoms with Gasteiger partial charge in [-0.1, -0.05) is 5.11 Å². The van der Waals surface area contributed by atoms with E-state index in [2.05, 4.69) is 15.3 Å². The highest BCUT2D eigenvalue weighted by atomic mass is 16.5. The average molecular weight is 168 g/mol. The molecule has 2 fully saturated rings. The zero-order valence-corrected chi connectivity index (χ0v) is 6.81. The summed E-state index contributed by atoms with van der Waals surface area (Å²) in [5.41, 5.74) is 8.34. The minimum atomic E-state index is 0.142. The van der Waals surface area contributed by atoms with Crippen LogP contribution in [0.4, 0.5) is 0 Å². The molecule has 66 valence electrons. The van der Waals surface area contributed by atoms with Crippen molar-refractivity contribution >= 4 is 0 Å². The predicted octanol–water partition coefficient (Wildman–Crippen LogP) is 0.674. The van der Waals surface area contributed by atoms with Gasteiger partial charge < -0.3 is 10.1 Å². The van der Waals surface area contributed by atoms with Crippen LogP contribution in [-0.2, 0) is 4.74 Å². The number of rotatable bonds is 1. The zero-order valence-electron chi connectivity index (χ0n) is 6.81. The van der Waals surface area contributed by atoms with Crippen LogP contribution >= 0.6 is 0 Å². The molecule has 0 aromatic rings. The maximum atomic E-state index is 8.34. The first kappa shape index (κ1) is 7.86. The van der Waals surface area contributed by atoms with Gasteiger partial charge in [-0.2, -0.15) is 0 Å². The van der Waals surface area contributed by atoms with Gasteiger partial charge in [-0.15, -0.1) is 0 Å². The van der Waals surface area contributed by atoms with Crippen LogP contribution in [0.25, 0.3) is 10.4 Å². The van der Waals surface area contributed by atoms with Gasteiger partial charge in [-0.05, 0) is 12.0 Å². The molecule has 2 saturated heterocycles. The summed E-state index contributed by atoms with van der Waals surface area (Å²) >= 11 is 0. The number of ether oxygens (including phenoxy) is 1. The number of hydrogen-bond donors (Lipinski definition) is 1. The lowest BCUT2D eigenvalue weighted by atomic mass is 9.92. The molecule has 3 atom stereocenters. The Bertz CT molecular complexity index is 213. The fourth-order valence-corrected chi connectivity index (χ4v) is 2.01. The SMILES string of the molecule is [N-]=[N+]=N[C@H]1CCO[C@H]2CNC[C@H]12. The van der Waals surface area contributed by atoms with E-state index in [1.165, 1.54) is 0 Å². The first-order valence-electron chi connectivity index (χ1n) is 4.28. The third-order valence-corrected chi connectivity index (χ3v) is 2.64. The van der Waals surface area contributed by atoms with Crippen LogP contribution in [0.2, 0.25) is 0 Å². The van der Waals surface area contributed by atoms with Crippen LogP contribution in [0, 0.1) is 5.92 Å². The Kier molecular flexibility index (Phi) is 2.17. The molecule has 0 radical (unpaired) electrons. The van der Waals surface area contributed by atoms with Gasteiger partial charge in [0.25, 0.3) is 0 Å². The lowest BCUT2D eigenvalue weighted by Crippen LogP contribution is -2.37. The van der Waals surface area contributed by atoms with Gasteiger partial charge in [0.1, 0.15) is 0 Å². The largest absolute Gasteiger partial charge is 0.377 e. The molecular formula is C7H12N4O. The van der Waals surface area contributed by atoms with E-state index in [1.807, 2.05) is 0 Å². The Morgan fingerprint density at radius 1 is 1.50 bits per heavy atom. The predicted molar refractivity (Wildman–Crippen MR) is 43.7 cm³/mol. The Morgan fingerprint density at radius 2 is 2.42 bits per heavy atom. The van der Waals surface area contributed by atoms with Crippen LogP contribution < -0.4 is 5.32 Å². The summed E-state index contributed by atoms with van der Waals surface area (Å²) in [6.07, 6.45) is 1.14. The number of nitrogens with zero attached hydrogens (tertiary/aromatic N) is 3. The highest BCUT2D eigenvalue weighted by Crippen LogP contribution is 2.26. The molecule has 0 amide bonds. The monoisotopic (exact) mass is 168 g/mol. The first-order chi connectivity index (χ1) is 5.92. The van der Waals surface area contributed by atoms with Gasteiger partial charge in [-0.3, -0.25) is 0 Å². The number of hydrogen-bond acceptors (Lipinski definition) is 3. The molecule has 0 aromatic heterocycles. The first-order valence-corrected chi connectivity index (χ1v) is 4.28. The molecule has 0 aromatic carbocycles. The fraction of sp³-hybridized carbons (Fsp3) is 1.00. The highest BCUT2D eigenvalue weighted by molar-refractivity contribution is 4.93. The third-order valence-electron chi connectivity index (χ3n) is 2.64. The van der Waals surface area contributed by atoms with Crippen LogP contribution in [-0.4, -0.2) is 31.8 Å². The maximum Gasteiger partial charge on any atom is 0.0743 e. The molecule has 0 unspecified atom stereocenters. The molecule has 0 aliphatic carbocycles. The van der Waals surface area contributed by atoms with E-state index in [0.717, 1.165) is 26.1 Å². The molecule has 1 N–H and O–H groups in total. The number of nitrogens with one attached hydrogen (secondary N) is 1. The smallest absolute Gasteiger partial charge is 0.0743 e. The van der Waals surface area contributed by atoms with E-state index < -0.39 is 0 Å². The molecule has 2 rings (SSSR count). The third kappa shape index (κ3) is 1.27. The van der Waals surface area contributed by atoms with E-state index in [-0.39, 0.29) is 12.1 Å². The Labute approximate surface area is 70.7 Å². The molecule has 0 saturated carbocycles. The topological polar surface area (TPSA) is 70.0 Å². The van der Waals surface area contributed by atoms with E-state index in [9.17, 15) is 0 Å². The van der Waals surface area contributed by atoms with Gasteiger partial charge in [0.05, 0.1) is 6.10 Å². The van der Waals surface area contributed by atoms with Crippen molar-refractivity contribution in [3.8, 4) is 0 Å². The van der Waals surface area contributed by atoms with Crippen LogP contribution in [0.1, 0.15) is 6.42 Å². The van der Waals surface area contributed by atoms with Crippen LogP contribution in [0.5, 0.6) is 0 Å². The molecular weight excluding hydrogens is 156 g/mol. The Hall–Kier alpha value is -0.770. The van der Waals surface area contributed by atoms with Gasteiger partial charge in [0.2, 0.25) is 0 Å². The van der Waals surface area contributed by atoms with E-state index in [1.54, 1.807) is 0 Å². The van der Waals surface area contributed by atoms with Crippen molar-refractivity contribution in [1.29, 1.82) is 0 Å². The van der Waals surface area contributed by atoms with E-state index in [4.69, 9.17) is 10.3 Å². The number of fused-ring (bicyclic) bond motifs is 1. The summed E-state index contributed by atoms with van der Waals surface area (Å²) in [5.74, 6) is 0.398. The molecule has 0 spiro atoms. The lowest BCUT2D eigenvalue weighted by molar-refractivity contribution is -0.00917. The molecule has 12 heavy (non-hydrogen) atoms. The summed E-state index contributed by atoms with van der Waals surface area (Å²) in [6, 6.07) is 0.142. The van der Waals surface area contributed by atoms with Crippen molar-refractivity contribution in [2.75, 3.05) is 19.7 Å². The van der Waals surface area contributed by atoms with Crippen molar-refractivity contribution < 1.29 is 4.74 Å². The van der Waals surface area contributed by atoms with Crippen molar-refractivity contribution in [2.45, 2.75) is 18.6 Å². The van der Waals surface area contributed by atoms with Gasteiger partial charge in [-0.25, -0.2) is 0 Å². The second kappa shape index (κ2) is 3.31. The molecule has 0 bridgehead atoms. The standard InChI is InChI=1S/C7H12N4O/c8-11-10-6-1-2-12-7-4-9-3-5(6)7/h5-7,9H,1-4H2/t5-,6+,7+/m1/s1. The zero-order chi connectivity index (χ0) is 8.39. The van der Waals surface area contributed by atoms with Crippen LogP contribution in [0.3, 0.4) is 0 Å². The fourth-order valence-electron chi connectivity index (χ4n) is 2.01. The van der Waals surface area contributed by atoms with Crippen molar-refractivity contribution in [3.63, 3.8) is 0 Å². The Morgan fingerprint density at radius 3 is 3.25 bits per heavy atom. The molecule has 5 heteroatoms. The summed E-state index contributed by atoms with van der Waals surface area (Å²) in [5, 5.41) is 7.03. The van der Waals surface area contributed by atoms with Gasteiger partial charge >= 0.3 is 0 Å². The lowest BCUT2D eigenvalue weighted by Gasteiger charge is -2.29. The van der Waals surface area contributed by atoms with Crippen molar-refractivity contribution in [3.05, 3.63) is 10.4 Å². The van der Waals surface area contributed by atoms with E-state index >= 15 is 0 Å². The van der Waals surface area contributed by atoms with Gasteiger partial charge in [0.15, 0.2) is 0 Å². The second-order valence-electron chi connectivity index (χ2n) is 3.29. The highest BCUT2D eigenvalue weighted by Gasteiger charge is 2.36. The average Bonchev–Trinajstić information content (AvgIpc) is 2.53. The minimum absolute atomic E-state index is 0.142. The Balaban J connectivity index is 2.08.